The van der Waals surface area contributed by atoms with Gasteiger partial charge in [0.25, 0.3) is 0 Å². The van der Waals surface area contributed by atoms with Gasteiger partial charge in [0.2, 0.25) is 0 Å². The Hall–Kier alpha value is -2.27. The van der Waals surface area contributed by atoms with E-state index >= 15 is 0 Å². The summed E-state index contributed by atoms with van der Waals surface area (Å²) in [4.78, 5) is 0. The third-order valence-electron chi connectivity index (χ3n) is 2.20. The van der Waals surface area contributed by atoms with Gasteiger partial charge in [-0.1, -0.05) is 42.5 Å². The van der Waals surface area contributed by atoms with Crippen LogP contribution in [-0.4, -0.2) is 7.11 Å². The fraction of sp³-hybridized carbons (Fsp3) is 0.0714. The molecule has 0 radical (unpaired) electrons. The van der Waals surface area contributed by atoms with Crippen molar-refractivity contribution in [2.75, 3.05) is 7.11 Å². The number of hydrogen-bond acceptors (Lipinski definition) is 2. The summed E-state index contributed by atoms with van der Waals surface area (Å²) in [6.07, 6.45) is 0. The van der Waals surface area contributed by atoms with Crippen LogP contribution in [0, 0.1) is 11.8 Å². The molecule has 2 rings (SSSR count). The molecule has 0 bridgehead atoms. The molecule has 0 amide bonds. The highest BCUT2D eigenvalue weighted by Crippen LogP contribution is 2.21. The molecule has 0 heterocycles. The maximum absolute atomic E-state index is 6.25. The van der Waals surface area contributed by atoms with Crippen molar-refractivity contribution in [3.63, 3.8) is 0 Å². The predicted octanol–water partition coefficient (Wildman–Crippen LogP) is 3.46. The minimum atomic E-state index is 0.893. The van der Waals surface area contributed by atoms with Crippen molar-refractivity contribution in [3.05, 3.63) is 61.2 Å². The van der Waals surface area contributed by atoms with Gasteiger partial charge in [0.1, 0.15) is 5.75 Å². The highest BCUT2D eigenvalue weighted by molar-refractivity contribution is 5.63. The molecule has 0 spiro atoms. The molecule has 2 heteroatoms. The van der Waals surface area contributed by atoms with Gasteiger partial charge in [-0.3, -0.25) is 0 Å². The molecule has 80 valence electrons. The number of rotatable bonds is 2. The first kappa shape index (κ1) is 11.8. The Morgan fingerprint density at radius 3 is 1.81 bits per heavy atom. The zero-order chi connectivity index (χ0) is 11.8. The van der Waals surface area contributed by atoms with E-state index in [2.05, 4.69) is 24.3 Å². The quantitative estimate of drug-likeness (QED) is 0.711. The summed E-state index contributed by atoms with van der Waals surface area (Å²) in [5.41, 5.74) is 2.45. The molecule has 2 aromatic carbocycles. The maximum Gasteiger partial charge on any atom is 0.118 e. The van der Waals surface area contributed by atoms with E-state index in [1.165, 1.54) is 11.1 Å². The Morgan fingerprint density at radius 1 is 0.812 bits per heavy atom. The minimum Gasteiger partial charge on any atom is -0.512 e. The van der Waals surface area contributed by atoms with Gasteiger partial charge in [0.15, 0.2) is 0 Å². The molecule has 2 aromatic rings. The summed E-state index contributed by atoms with van der Waals surface area (Å²) < 4.78 is 5.11. The van der Waals surface area contributed by atoms with E-state index in [0.717, 1.165) is 5.75 Å². The van der Waals surface area contributed by atoms with Gasteiger partial charge in [-0.25, -0.2) is 0 Å². The van der Waals surface area contributed by atoms with E-state index in [0.29, 0.717) is 0 Å². The summed E-state index contributed by atoms with van der Waals surface area (Å²) in [6, 6.07) is 18.4. The Balaban J connectivity index is 0.000000606. The lowest BCUT2D eigenvalue weighted by atomic mass is 10.1. The van der Waals surface area contributed by atoms with Gasteiger partial charge in [0.05, 0.1) is 7.11 Å². The summed E-state index contributed by atoms with van der Waals surface area (Å²) in [5.74, 6) is 0.893. The zero-order valence-electron chi connectivity index (χ0n) is 9.05. The lowest BCUT2D eigenvalue weighted by molar-refractivity contribution is 0.415. The lowest BCUT2D eigenvalue weighted by Crippen LogP contribution is -1.82. The number of methoxy groups -OCH3 is 1. The van der Waals surface area contributed by atoms with Crippen LogP contribution < -0.4 is 4.74 Å². The molecular formula is C14H12NO-. The maximum atomic E-state index is 6.25. The Morgan fingerprint density at radius 2 is 1.31 bits per heavy atom. The second-order valence-electron chi connectivity index (χ2n) is 3.09. The average molecular weight is 210 g/mol. The average Bonchev–Trinajstić information content (AvgIpc) is 2.42. The third-order valence-corrected chi connectivity index (χ3v) is 2.20. The number of hydrogen-bond donors (Lipinski definition) is 0. The van der Waals surface area contributed by atoms with Crippen molar-refractivity contribution in [1.29, 1.82) is 5.26 Å². The van der Waals surface area contributed by atoms with Crippen molar-refractivity contribution in [2.45, 2.75) is 0 Å². The van der Waals surface area contributed by atoms with Crippen LogP contribution in [0.5, 0.6) is 5.75 Å². The Bertz CT molecular complexity index is 431. The van der Waals surface area contributed by atoms with Crippen molar-refractivity contribution in [2.24, 2.45) is 0 Å². The van der Waals surface area contributed by atoms with Crippen LogP contribution in [0.25, 0.3) is 11.1 Å². The first-order chi connectivity index (χ1) is 7.90. The van der Waals surface area contributed by atoms with E-state index in [1.54, 1.807) is 7.11 Å². The molecule has 0 fully saturated rings. The third kappa shape index (κ3) is 2.86. The molecule has 0 aliphatic carbocycles. The van der Waals surface area contributed by atoms with Crippen molar-refractivity contribution >= 4 is 0 Å². The second kappa shape index (κ2) is 6.26. The molecule has 0 saturated heterocycles. The summed E-state index contributed by atoms with van der Waals surface area (Å²) in [5, 5.41) is 6.25. The number of ether oxygens (including phenoxy) is 1. The van der Waals surface area contributed by atoms with E-state index in [-0.39, 0.29) is 0 Å². The summed E-state index contributed by atoms with van der Waals surface area (Å²) >= 11 is 0. The van der Waals surface area contributed by atoms with Gasteiger partial charge in [-0.2, -0.15) is 0 Å². The molecule has 16 heavy (non-hydrogen) atoms. The smallest absolute Gasteiger partial charge is 0.118 e. The van der Waals surface area contributed by atoms with Gasteiger partial charge >= 0.3 is 0 Å². The van der Waals surface area contributed by atoms with Crippen LogP contribution >= 0.6 is 0 Å². The first-order valence-electron chi connectivity index (χ1n) is 4.82. The van der Waals surface area contributed by atoms with Crippen molar-refractivity contribution in [3.8, 4) is 16.9 Å². The Kier molecular flexibility index (Phi) is 4.62. The van der Waals surface area contributed by atoms with E-state index in [4.69, 9.17) is 16.6 Å². The number of benzene rings is 2. The minimum absolute atomic E-state index is 0.893. The molecule has 0 aliphatic rings. The van der Waals surface area contributed by atoms with Crippen LogP contribution in [0.15, 0.2) is 54.6 Å². The van der Waals surface area contributed by atoms with Crippen LogP contribution in [-0.2, 0) is 0 Å². The van der Waals surface area contributed by atoms with Crippen LogP contribution in [0.4, 0.5) is 0 Å². The normalized spacial score (nSPS) is 8.69. The standard InChI is InChI=1S/C13H12O.CN/c1-14-13-9-7-12(8-10-13)11-5-3-2-4-6-11;1-2/h2-10H,1H3;/q;-1. The van der Waals surface area contributed by atoms with Gasteiger partial charge in [0, 0.05) is 0 Å². The van der Waals surface area contributed by atoms with Crippen molar-refractivity contribution < 1.29 is 4.74 Å². The second-order valence-corrected chi connectivity index (χ2v) is 3.09. The van der Waals surface area contributed by atoms with E-state index in [1.807, 2.05) is 30.3 Å². The SMILES string of the molecule is COc1ccc(-c2ccccc2)cc1.[C-]#N. The topological polar surface area (TPSA) is 33.0 Å². The van der Waals surface area contributed by atoms with Crippen molar-refractivity contribution in [1.82, 2.24) is 0 Å². The van der Waals surface area contributed by atoms with Gasteiger partial charge in [-0.15, -0.1) is 0 Å². The van der Waals surface area contributed by atoms with E-state index < -0.39 is 0 Å². The fourth-order valence-corrected chi connectivity index (χ4v) is 1.41. The fourth-order valence-electron chi connectivity index (χ4n) is 1.41. The van der Waals surface area contributed by atoms with Crippen LogP contribution in [0.1, 0.15) is 0 Å². The first-order valence-corrected chi connectivity index (χ1v) is 4.82. The largest absolute Gasteiger partial charge is 0.512 e. The highest BCUT2D eigenvalue weighted by Gasteiger charge is 1.95. The molecule has 0 aliphatic heterocycles. The zero-order valence-corrected chi connectivity index (χ0v) is 9.05. The summed E-state index contributed by atoms with van der Waals surface area (Å²) in [7, 11) is 1.68. The molecule has 0 saturated carbocycles. The molecule has 0 atom stereocenters. The monoisotopic (exact) mass is 210 g/mol. The molecule has 0 unspecified atom stereocenters. The van der Waals surface area contributed by atoms with E-state index in [9.17, 15) is 0 Å². The molecule has 0 N–H and O–H groups in total. The predicted molar refractivity (Wildman–Crippen MR) is 63.4 cm³/mol. The van der Waals surface area contributed by atoms with Crippen LogP contribution in [0.2, 0.25) is 0 Å². The molecular weight excluding hydrogens is 198 g/mol. The van der Waals surface area contributed by atoms with Gasteiger partial charge < -0.3 is 16.6 Å². The Labute approximate surface area is 95.7 Å². The summed E-state index contributed by atoms with van der Waals surface area (Å²) in [6.45, 7) is 4.75. The van der Waals surface area contributed by atoms with Gasteiger partial charge in [-0.05, 0) is 23.3 Å². The van der Waals surface area contributed by atoms with Crippen LogP contribution in [0.3, 0.4) is 0 Å². The highest BCUT2D eigenvalue weighted by atomic mass is 16.5. The number of nitrogens with zero attached hydrogens (tertiary/aromatic N) is 1. The molecule has 2 nitrogen and oxygen atoms in total. The molecule has 0 aromatic heterocycles. The lowest BCUT2D eigenvalue weighted by Gasteiger charge is -2.02.